The molecule has 0 amide bonds. The molecule has 1 aromatic heterocycles. The lowest BCUT2D eigenvalue weighted by molar-refractivity contribution is 0.915. The van der Waals surface area contributed by atoms with Gasteiger partial charge < -0.3 is 4.57 Å². The first-order chi connectivity index (χ1) is 8.20. The highest BCUT2D eigenvalue weighted by Gasteiger charge is 2.02. The van der Waals surface area contributed by atoms with Gasteiger partial charge in [-0.3, -0.25) is 0 Å². The molecule has 0 aliphatic rings. The van der Waals surface area contributed by atoms with E-state index in [1.54, 1.807) is 12.1 Å². The zero-order valence-electron chi connectivity index (χ0n) is 9.39. The lowest BCUT2D eigenvalue weighted by atomic mass is 10.1. The molecule has 0 N–H and O–H groups in total. The van der Waals surface area contributed by atoms with E-state index in [0.29, 0.717) is 10.6 Å². The summed E-state index contributed by atoms with van der Waals surface area (Å²) >= 11 is 5.82. The van der Waals surface area contributed by atoms with Gasteiger partial charge in [-0.2, -0.15) is 5.26 Å². The van der Waals surface area contributed by atoms with Gasteiger partial charge in [-0.1, -0.05) is 23.7 Å². The second-order valence-electron chi connectivity index (χ2n) is 3.72. The molecule has 2 rings (SSSR count). The molecule has 0 saturated carbocycles. The Morgan fingerprint density at radius 3 is 2.53 bits per heavy atom. The summed E-state index contributed by atoms with van der Waals surface area (Å²) in [4.78, 5) is 0. The topological polar surface area (TPSA) is 28.7 Å². The molecule has 0 aliphatic carbocycles. The summed E-state index contributed by atoms with van der Waals surface area (Å²) in [6.45, 7) is 0. The summed E-state index contributed by atoms with van der Waals surface area (Å²) in [5.41, 5.74) is 2.50. The van der Waals surface area contributed by atoms with Crippen molar-refractivity contribution in [2.24, 2.45) is 7.05 Å². The number of aryl methyl sites for hydroxylation is 1. The Kier molecular flexibility index (Phi) is 3.32. The standard InChI is InChI=1S/C14H11ClN2/c1-17-8-2-3-14(17)9-12(10-16)11-4-6-13(15)7-5-11/h2-9H,1H3/b12-9-. The minimum Gasteiger partial charge on any atom is -0.351 e. The number of hydrogen-bond donors (Lipinski definition) is 0. The average Bonchev–Trinajstić information content (AvgIpc) is 2.73. The summed E-state index contributed by atoms with van der Waals surface area (Å²) in [5.74, 6) is 0. The van der Waals surface area contributed by atoms with Gasteiger partial charge in [0.1, 0.15) is 0 Å². The van der Waals surface area contributed by atoms with Gasteiger partial charge in [-0.25, -0.2) is 0 Å². The molecule has 2 aromatic rings. The van der Waals surface area contributed by atoms with E-state index in [-0.39, 0.29) is 0 Å². The normalized spacial score (nSPS) is 11.2. The third kappa shape index (κ3) is 2.58. The maximum Gasteiger partial charge on any atom is 0.0998 e. The van der Waals surface area contributed by atoms with E-state index in [1.807, 2.05) is 48.2 Å². The summed E-state index contributed by atoms with van der Waals surface area (Å²) in [7, 11) is 1.95. The average molecular weight is 243 g/mol. The van der Waals surface area contributed by atoms with Crippen LogP contribution in [0.1, 0.15) is 11.3 Å². The Bertz CT molecular complexity index is 585. The summed E-state index contributed by atoms with van der Waals surface area (Å²) in [5, 5.41) is 9.85. The zero-order chi connectivity index (χ0) is 12.3. The molecular formula is C14H11ClN2. The van der Waals surface area contributed by atoms with Gasteiger partial charge in [0.25, 0.3) is 0 Å². The number of rotatable bonds is 2. The maximum atomic E-state index is 9.18. The molecule has 3 heteroatoms. The first-order valence-electron chi connectivity index (χ1n) is 5.20. The molecule has 17 heavy (non-hydrogen) atoms. The Morgan fingerprint density at radius 1 is 1.29 bits per heavy atom. The van der Waals surface area contributed by atoms with E-state index in [2.05, 4.69) is 6.07 Å². The highest BCUT2D eigenvalue weighted by Crippen LogP contribution is 2.19. The van der Waals surface area contributed by atoms with Crippen molar-refractivity contribution >= 4 is 23.3 Å². The number of nitriles is 1. The molecule has 0 fully saturated rings. The second-order valence-corrected chi connectivity index (χ2v) is 4.16. The van der Waals surface area contributed by atoms with Crippen LogP contribution in [0.15, 0.2) is 42.6 Å². The molecule has 2 nitrogen and oxygen atoms in total. The van der Waals surface area contributed by atoms with Gasteiger partial charge in [0, 0.05) is 24.0 Å². The molecule has 0 bridgehead atoms. The van der Waals surface area contributed by atoms with Gasteiger partial charge in [-0.05, 0) is 35.9 Å². The fraction of sp³-hybridized carbons (Fsp3) is 0.0714. The minimum absolute atomic E-state index is 0.628. The van der Waals surface area contributed by atoms with Crippen molar-refractivity contribution in [3.8, 4) is 6.07 Å². The quantitative estimate of drug-likeness (QED) is 0.738. The zero-order valence-corrected chi connectivity index (χ0v) is 10.1. The summed E-state index contributed by atoms with van der Waals surface area (Å²) < 4.78 is 1.97. The largest absolute Gasteiger partial charge is 0.351 e. The Balaban J connectivity index is 2.41. The fourth-order valence-electron chi connectivity index (χ4n) is 1.58. The van der Waals surface area contributed by atoms with E-state index >= 15 is 0 Å². The molecule has 0 unspecified atom stereocenters. The predicted molar refractivity (Wildman–Crippen MR) is 70.3 cm³/mol. The third-order valence-electron chi connectivity index (χ3n) is 2.55. The summed E-state index contributed by atoms with van der Waals surface area (Å²) in [6, 6.07) is 13.4. The SMILES string of the molecule is Cn1cccc1/C=C(/C#N)c1ccc(Cl)cc1. The van der Waals surface area contributed by atoms with E-state index in [1.165, 1.54) is 0 Å². The van der Waals surface area contributed by atoms with Crippen LogP contribution in [0.2, 0.25) is 5.02 Å². The van der Waals surface area contributed by atoms with E-state index < -0.39 is 0 Å². The van der Waals surface area contributed by atoms with Crippen LogP contribution < -0.4 is 0 Å². The van der Waals surface area contributed by atoms with Gasteiger partial charge in [0.2, 0.25) is 0 Å². The number of benzene rings is 1. The lowest BCUT2D eigenvalue weighted by Gasteiger charge is -2.01. The minimum atomic E-state index is 0.628. The predicted octanol–water partition coefficient (Wildman–Crippen LogP) is 3.74. The fourth-order valence-corrected chi connectivity index (χ4v) is 1.71. The molecule has 0 atom stereocenters. The van der Waals surface area contributed by atoms with Crippen LogP contribution >= 0.6 is 11.6 Å². The Hall–Kier alpha value is -1.98. The van der Waals surface area contributed by atoms with E-state index in [4.69, 9.17) is 11.6 Å². The smallest absolute Gasteiger partial charge is 0.0998 e. The van der Waals surface area contributed by atoms with Crippen molar-refractivity contribution < 1.29 is 0 Å². The number of nitrogens with zero attached hydrogens (tertiary/aromatic N) is 2. The van der Waals surface area contributed by atoms with Gasteiger partial charge >= 0.3 is 0 Å². The Labute approximate surface area is 105 Å². The molecule has 1 aromatic carbocycles. The van der Waals surface area contributed by atoms with E-state index in [9.17, 15) is 5.26 Å². The van der Waals surface area contributed by atoms with E-state index in [0.717, 1.165) is 11.3 Å². The van der Waals surface area contributed by atoms with Crippen molar-refractivity contribution in [1.82, 2.24) is 4.57 Å². The van der Waals surface area contributed by atoms with Crippen LogP contribution in [0.25, 0.3) is 11.6 Å². The highest BCUT2D eigenvalue weighted by atomic mass is 35.5. The number of aromatic nitrogens is 1. The molecule has 0 saturated heterocycles. The number of allylic oxidation sites excluding steroid dienone is 1. The van der Waals surface area contributed by atoms with Crippen LogP contribution in [0, 0.1) is 11.3 Å². The highest BCUT2D eigenvalue weighted by molar-refractivity contribution is 6.30. The van der Waals surface area contributed by atoms with Crippen molar-refractivity contribution in [1.29, 1.82) is 5.26 Å². The first-order valence-corrected chi connectivity index (χ1v) is 5.57. The van der Waals surface area contributed by atoms with Crippen molar-refractivity contribution in [3.05, 3.63) is 58.9 Å². The molecule has 0 radical (unpaired) electrons. The number of hydrogen-bond acceptors (Lipinski definition) is 1. The van der Waals surface area contributed by atoms with Gasteiger partial charge in [-0.15, -0.1) is 0 Å². The second kappa shape index (κ2) is 4.90. The first kappa shape index (κ1) is 11.5. The molecule has 0 aliphatic heterocycles. The molecular weight excluding hydrogens is 232 g/mol. The van der Waals surface area contributed by atoms with Crippen molar-refractivity contribution in [3.63, 3.8) is 0 Å². The number of halogens is 1. The maximum absolute atomic E-state index is 9.18. The van der Waals surface area contributed by atoms with Crippen LogP contribution in [-0.4, -0.2) is 4.57 Å². The van der Waals surface area contributed by atoms with Crippen molar-refractivity contribution in [2.45, 2.75) is 0 Å². The van der Waals surface area contributed by atoms with Crippen LogP contribution in [0.4, 0.5) is 0 Å². The van der Waals surface area contributed by atoms with Crippen molar-refractivity contribution in [2.75, 3.05) is 0 Å². The third-order valence-corrected chi connectivity index (χ3v) is 2.80. The molecule has 1 heterocycles. The Morgan fingerprint density at radius 2 is 2.00 bits per heavy atom. The van der Waals surface area contributed by atoms with Crippen LogP contribution in [0.3, 0.4) is 0 Å². The van der Waals surface area contributed by atoms with Crippen LogP contribution in [0.5, 0.6) is 0 Å². The lowest BCUT2D eigenvalue weighted by Crippen LogP contribution is -1.89. The van der Waals surface area contributed by atoms with Gasteiger partial charge in [0.05, 0.1) is 11.6 Å². The molecule has 84 valence electrons. The van der Waals surface area contributed by atoms with Crippen LogP contribution in [-0.2, 0) is 7.05 Å². The molecule has 0 spiro atoms. The van der Waals surface area contributed by atoms with Gasteiger partial charge in [0.15, 0.2) is 0 Å². The summed E-state index contributed by atoms with van der Waals surface area (Å²) in [6.07, 6.45) is 3.81. The monoisotopic (exact) mass is 242 g/mol.